The summed E-state index contributed by atoms with van der Waals surface area (Å²) in [7, 11) is 0. The van der Waals surface area contributed by atoms with E-state index in [-0.39, 0.29) is 24.3 Å². The minimum atomic E-state index is -0.271. The van der Waals surface area contributed by atoms with E-state index in [1.165, 1.54) is 6.20 Å². The number of amides is 2. The lowest BCUT2D eigenvalue weighted by atomic mass is 10.2. The Morgan fingerprint density at radius 2 is 1.88 bits per heavy atom. The highest BCUT2D eigenvalue weighted by Gasteiger charge is 2.29. The van der Waals surface area contributed by atoms with Crippen LogP contribution in [0.2, 0.25) is 0 Å². The number of hydrogen-bond acceptors (Lipinski definition) is 4. The molecule has 2 aromatic rings. The third-order valence-corrected chi connectivity index (χ3v) is 3.64. The van der Waals surface area contributed by atoms with Crippen molar-refractivity contribution in [2.24, 2.45) is 5.92 Å². The molecule has 0 unspecified atom stereocenters. The Labute approximate surface area is 140 Å². The van der Waals surface area contributed by atoms with Crippen LogP contribution in [-0.2, 0) is 9.59 Å². The van der Waals surface area contributed by atoms with Crippen LogP contribution in [0.5, 0.6) is 5.75 Å². The molecule has 0 aliphatic heterocycles. The van der Waals surface area contributed by atoms with Gasteiger partial charge < -0.3 is 15.4 Å². The fourth-order valence-electron chi connectivity index (χ4n) is 2.10. The Kier molecular flexibility index (Phi) is 4.74. The number of pyridine rings is 1. The van der Waals surface area contributed by atoms with Gasteiger partial charge in [-0.25, -0.2) is 4.98 Å². The van der Waals surface area contributed by atoms with Gasteiger partial charge in [-0.2, -0.15) is 0 Å². The van der Waals surface area contributed by atoms with Crippen LogP contribution in [0.4, 0.5) is 11.5 Å². The lowest BCUT2D eigenvalue weighted by Gasteiger charge is -2.08. The van der Waals surface area contributed by atoms with Crippen molar-refractivity contribution in [1.29, 1.82) is 0 Å². The highest BCUT2D eigenvalue weighted by Crippen LogP contribution is 2.29. The predicted molar refractivity (Wildman–Crippen MR) is 90.9 cm³/mol. The number of anilines is 2. The number of aromatic nitrogens is 1. The van der Waals surface area contributed by atoms with Gasteiger partial charge in [0.25, 0.3) is 5.91 Å². The Morgan fingerprint density at radius 1 is 1.12 bits per heavy atom. The maximum atomic E-state index is 11.9. The van der Waals surface area contributed by atoms with Crippen molar-refractivity contribution < 1.29 is 14.3 Å². The van der Waals surface area contributed by atoms with Crippen LogP contribution >= 0.6 is 0 Å². The third-order valence-electron chi connectivity index (χ3n) is 3.64. The van der Waals surface area contributed by atoms with Gasteiger partial charge in [0.15, 0.2) is 6.61 Å². The van der Waals surface area contributed by atoms with E-state index in [1.807, 2.05) is 31.2 Å². The zero-order chi connectivity index (χ0) is 16.9. The predicted octanol–water partition coefficient (Wildman–Crippen LogP) is 2.76. The summed E-state index contributed by atoms with van der Waals surface area (Å²) in [4.78, 5) is 27.6. The lowest BCUT2D eigenvalue weighted by molar-refractivity contribution is -0.118. The summed E-state index contributed by atoms with van der Waals surface area (Å²) in [6.07, 6.45) is 3.40. The molecule has 124 valence electrons. The molecule has 2 amide bonds. The normalized spacial score (nSPS) is 13.2. The largest absolute Gasteiger partial charge is 0.484 e. The molecule has 2 N–H and O–H groups in total. The summed E-state index contributed by atoms with van der Waals surface area (Å²) in [5.41, 5.74) is 1.68. The Morgan fingerprint density at radius 3 is 2.50 bits per heavy atom. The van der Waals surface area contributed by atoms with Crippen LogP contribution in [0.1, 0.15) is 18.4 Å². The molecule has 0 spiro atoms. The number of hydrogen-bond donors (Lipinski definition) is 2. The van der Waals surface area contributed by atoms with E-state index in [0.29, 0.717) is 17.3 Å². The van der Waals surface area contributed by atoms with Crippen molar-refractivity contribution in [2.75, 3.05) is 17.2 Å². The minimum absolute atomic E-state index is 0.00536. The standard InChI is InChI=1S/C18H19N3O3/c1-12-2-7-15(8-3-12)24-11-17(22)20-14-6-9-16(19-10-14)21-18(23)13-4-5-13/h2-3,6-10,13H,4-5,11H2,1H3,(H,20,22)(H,19,21,23). The second-order valence-corrected chi connectivity index (χ2v) is 5.85. The van der Waals surface area contributed by atoms with Gasteiger partial charge >= 0.3 is 0 Å². The first-order valence-corrected chi connectivity index (χ1v) is 7.86. The SMILES string of the molecule is Cc1ccc(OCC(=O)Nc2ccc(NC(=O)C3CC3)nc2)cc1. The van der Waals surface area contributed by atoms with E-state index >= 15 is 0 Å². The van der Waals surface area contributed by atoms with E-state index in [1.54, 1.807) is 12.1 Å². The van der Waals surface area contributed by atoms with Gasteiger partial charge in [-0.1, -0.05) is 17.7 Å². The number of nitrogens with one attached hydrogen (secondary N) is 2. The van der Waals surface area contributed by atoms with Gasteiger partial charge in [0, 0.05) is 5.92 Å². The monoisotopic (exact) mass is 325 g/mol. The number of nitrogens with zero attached hydrogens (tertiary/aromatic N) is 1. The fraction of sp³-hybridized carbons (Fsp3) is 0.278. The summed E-state index contributed by atoms with van der Waals surface area (Å²) in [6, 6.07) is 10.8. The van der Waals surface area contributed by atoms with Crippen LogP contribution in [0.3, 0.4) is 0 Å². The highest BCUT2D eigenvalue weighted by molar-refractivity contribution is 5.94. The molecular formula is C18H19N3O3. The molecule has 3 rings (SSSR count). The Hall–Kier alpha value is -2.89. The van der Waals surface area contributed by atoms with E-state index in [4.69, 9.17) is 4.74 Å². The van der Waals surface area contributed by atoms with Crippen LogP contribution in [0, 0.1) is 12.8 Å². The summed E-state index contributed by atoms with van der Waals surface area (Å²) in [6.45, 7) is 1.91. The number of benzene rings is 1. The molecule has 0 radical (unpaired) electrons. The quantitative estimate of drug-likeness (QED) is 0.856. The van der Waals surface area contributed by atoms with E-state index in [9.17, 15) is 9.59 Å². The topological polar surface area (TPSA) is 80.3 Å². The molecule has 24 heavy (non-hydrogen) atoms. The molecule has 0 atom stereocenters. The Bertz CT molecular complexity index is 722. The molecule has 0 saturated heterocycles. The number of carbonyl (C=O) groups excluding carboxylic acids is 2. The van der Waals surface area contributed by atoms with E-state index in [0.717, 1.165) is 18.4 Å². The maximum absolute atomic E-state index is 11.9. The van der Waals surface area contributed by atoms with Crippen molar-refractivity contribution in [3.63, 3.8) is 0 Å². The first kappa shape index (κ1) is 16.0. The molecule has 6 heteroatoms. The number of rotatable bonds is 6. The maximum Gasteiger partial charge on any atom is 0.262 e. The summed E-state index contributed by atoms with van der Waals surface area (Å²) in [5, 5.41) is 5.45. The van der Waals surface area contributed by atoms with Gasteiger partial charge in [0.2, 0.25) is 5.91 Å². The molecule has 1 fully saturated rings. The minimum Gasteiger partial charge on any atom is -0.484 e. The molecule has 1 saturated carbocycles. The molecular weight excluding hydrogens is 306 g/mol. The van der Waals surface area contributed by atoms with E-state index < -0.39 is 0 Å². The zero-order valence-corrected chi connectivity index (χ0v) is 13.4. The second-order valence-electron chi connectivity index (χ2n) is 5.85. The molecule has 1 aromatic heterocycles. The second kappa shape index (κ2) is 7.12. The summed E-state index contributed by atoms with van der Waals surface area (Å²) >= 11 is 0. The van der Waals surface area contributed by atoms with Crippen molar-refractivity contribution in [1.82, 2.24) is 4.98 Å². The van der Waals surface area contributed by atoms with Crippen LogP contribution in [0.25, 0.3) is 0 Å². The molecule has 1 heterocycles. The third kappa shape index (κ3) is 4.55. The Balaban J connectivity index is 1.47. The lowest BCUT2D eigenvalue weighted by Crippen LogP contribution is -2.20. The van der Waals surface area contributed by atoms with Gasteiger partial charge in [0.05, 0.1) is 11.9 Å². The van der Waals surface area contributed by atoms with E-state index in [2.05, 4.69) is 15.6 Å². The average molecular weight is 325 g/mol. The number of aryl methyl sites for hydroxylation is 1. The first-order valence-electron chi connectivity index (χ1n) is 7.86. The molecule has 6 nitrogen and oxygen atoms in total. The van der Waals surface area contributed by atoms with Gasteiger partial charge in [0.1, 0.15) is 11.6 Å². The smallest absolute Gasteiger partial charge is 0.262 e. The van der Waals surface area contributed by atoms with Crippen LogP contribution in [0.15, 0.2) is 42.6 Å². The van der Waals surface area contributed by atoms with Gasteiger partial charge in [-0.15, -0.1) is 0 Å². The van der Waals surface area contributed by atoms with Gasteiger partial charge in [-0.3, -0.25) is 9.59 Å². The van der Waals surface area contributed by atoms with Crippen molar-refractivity contribution >= 4 is 23.3 Å². The van der Waals surface area contributed by atoms with Crippen molar-refractivity contribution in [3.05, 3.63) is 48.2 Å². The zero-order valence-electron chi connectivity index (χ0n) is 13.4. The van der Waals surface area contributed by atoms with Gasteiger partial charge in [-0.05, 0) is 44.0 Å². The molecule has 1 aliphatic carbocycles. The average Bonchev–Trinajstić information content (AvgIpc) is 3.41. The van der Waals surface area contributed by atoms with Crippen molar-refractivity contribution in [3.8, 4) is 5.75 Å². The highest BCUT2D eigenvalue weighted by atomic mass is 16.5. The first-order chi connectivity index (χ1) is 11.6. The number of ether oxygens (including phenoxy) is 1. The van der Waals surface area contributed by atoms with Crippen molar-refractivity contribution in [2.45, 2.75) is 19.8 Å². The molecule has 1 aromatic carbocycles. The van der Waals surface area contributed by atoms with Crippen LogP contribution < -0.4 is 15.4 Å². The number of carbonyl (C=O) groups is 2. The molecule has 1 aliphatic rings. The van der Waals surface area contributed by atoms with Crippen LogP contribution in [-0.4, -0.2) is 23.4 Å². The fourth-order valence-corrected chi connectivity index (χ4v) is 2.10. The summed E-state index contributed by atoms with van der Waals surface area (Å²) in [5.74, 6) is 0.996. The summed E-state index contributed by atoms with van der Waals surface area (Å²) < 4.78 is 5.42. The molecule has 0 bridgehead atoms.